The number of hydrogen-bond donors (Lipinski definition) is 3. The average molecular weight is 252 g/mol. The number of ether oxygens (including phenoxy) is 1. The van der Waals surface area contributed by atoms with Gasteiger partial charge >= 0.3 is 12.0 Å². The summed E-state index contributed by atoms with van der Waals surface area (Å²) in [6.07, 6.45) is 0.616. The van der Waals surface area contributed by atoms with Gasteiger partial charge in [0.05, 0.1) is 7.11 Å². The van der Waals surface area contributed by atoms with Gasteiger partial charge in [0, 0.05) is 6.54 Å². The molecule has 0 bridgehead atoms. The molecule has 0 saturated heterocycles. The molecule has 0 atom stereocenters. The number of benzene rings is 1. The Hall–Kier alpha value is -2.24. The van der Waals surface area contributed by atoms with Crippen LogP contribution >= 0.6 is 0 Å². The van der Waals surface area contributed by atoms with E-state index in [1.165, 1.54) is 0 Å². The Morgan fingerprint density at radius 3 is 2.67 bits per heavy atom. The van der Waals surface area contributed by atoms with Crippen molar-refractivity contribution in [2.45, 2.75) is 6.42 Å². The molecule has 18 heavy (non-hydrogen) atoms. The van der Waals surface area contributed by atoms with Crippen LogP contribution in [0.3, 0.4) is 0 Å². The molecular weight excluding hydrogens is 236 g/mol. The highest BCUT2D eigenvalue weighted by atomic mass is 16.5. The van der Waals surface area contributed by atoms with Gasteiger partial charge in [0.25, 0.3) is 0 Å². The van der Waals surface area contributed by atoms with Crippen molar-refractivity contribution in [1.82, 2.24) is 10.6 Å². The number of carbonyl (C=O) groups excluding carboxylic acids is 1. The third kappa shape index (κ3) is 4.73. The number of amides is 2. The molecule has 0 unspecified atom stereocenters. The van der Waals surface area contributed by atoms with Crippen molar-refractivity contribution in [2.75, 3.05) is 20.2 Å². The maximum absolute atomic E-state index is 11.2. The minimum Gasteiger partial charge on any atom is -0.496 e. The minimum atomic E-state index is -1.07. The Morgan fingerprint density at radius 1 is 1.28 bits per heavy atom. The quantitative estimate of drug-likeness (QED) is 0.692. The summed E-state index contributed by atoms with van der Waals surface area (Å²) in [6, 6.07) is 7.03. The number of urea groups is 1. The molecule has 6 nitrogen and oxygen atoms in total. The van der Waals surface area contributed by atoms with Gasteiger partial charge in [-0.15, -0.1) is 0 Å². The number of carboxylic acids is 1. The maximum atomic E-state index is 11.2. The Balaban J connectivity index is 2.33. The first-order chi connectivity index (χ1) is 8.63. The zero-order valence-corrected chi connectivity index (χ0v) is 10.1. The van der Waals surface area contributed by atoms with Crippen molar-refractivity contribution in [1.29, 1.82) is 0 Å². The van der Waals surface area contributed by atoms with Crippen LogP contribution in [0.2, 0.25) is 0 Å². The maximum Gasteiger partial charge on any atom is 0.323 e. The molecule has 0 aliphatic carbocycles. The van der Waals surface area contributed by atoms with Crippen LogP contribution in [0.25, 0.3) is 0 Å². The van der Waals surface area contributed by atoms with E-state index in [1.54, 1.807) is 7.11 Å². The highest BCUT2D eigenvalue weighted by Crippen LogP contribution is 2.16. The van der Waals surface area contributed by atoms with Crippen molar-refractivity contribution in [3.05, 3.63) is 29.8 Å². The number of nitrogens with one attached hydrogen (secondary N) is 2. The first kappa shape index (κ1) is 13.8. The standard InChI is InChI=1S/C12H16N2O4/c1-18-10-5-3-2-4-9(10)6-7-13-12(17)14-8-11(15)16/h2-5H,6-8H2,1H3,(H,15,16)(H2,13,14,17). The molecule has 3 N–H and O–H groups in total. The number of hydrogen-bond acceptors (Lipinski definition) is 3. The van der Waals surface area contributed by atoms with Gasteiger partial charge in [0.15, 0.2) is 0 Å². The molecule has 1 aromatic carbocycles. The van der Waals surface area contributed by atoms with Crippen molar-refractivity contribution < 1.29 is 19.4 Å². The lowest BCUT2D eigenvalue weighted by molar-refractivity contribution is -0.135. The Labute approximate surface area is 105 Å². The lowest BCUT2D eigenvalue weighted by Crippen LogP contribution is -2.39. The van der Waals surface area contributed by atoms with E-state index in [-0.39, 0.29) is 6.54 Å². The second kappa shape index (κ2) is 7.16. The van der Waals surface area contributed by atoms with Crippen molar-refractivity contribution in [2.24, 2.45) is 0 Å². The van der Waals surface area contributed by atoms with Crippen LogP contribution in [0.15, 0.2) is 24.3 Å². The van der Waals surface area contributed by atoms with Gasteiger partial charge in [-0.1, -0.05) is 18.2 Å². The molecule has 0 aliphatic rings. The number of rotatable bonds is 6. The molecule has 2 amide bonds. The fourth-order valence-electron chi connectivity index (χ4n) is 1.44. The number of aliphatic carboxylic acids is 1. The molecule has 0 radical (unpaired) electrons. The second-order valence-electron chi connectivity index (χ2n) is 3.57. The third-order valence-electron chi connectivity index (χ3n) is 2.27. The van der Waals surface area contributed by atoms with Crippen LogP contribution in [-0.4, -0.2) is 37.3 Å². The van der Waals surface area contributed by atoms with Gasteiger partial charge in [-0.25, -0.2) is 4.79 Å². The molecule has 1 rings (SSSR count). The van der Waals surface area contributed by atoms with Crippen LogP contribution < -0.4 is 15.4 Å². The van der Waals surface area contributed by atoms with E-state index < -0.39 is 12.0 Å². The Bertz CT molecular complexity index is 420. The molecule has 98 valence electrons. The smallest absolute Gasteiger partial charge is 0.323 e. The average Bonchev–Trinajstić information content (AvgIpc) is 2.37. The van der Waals surface area contributed by atoms with E-state index in [0.29, 0.717) is 13.0 Å². The molecule has 0 spiro atoms. The molecule has 1 aromatic rings. The van der Waals surface area contributed by atoms with Crippen LogP contribution in [0.1, 0.15) is 5.56 Å². The van der Waals surface area contributed by atoms with Crippen molar-refractivity contribution >= 4 is 12.0 Å². The monoisotopic (exact) mass is 252 g/mol. The third-order valence-corrected chi connectivity index (χ3v) is 2.27. The SMILES string of the molecule is COc1ccccc1CCNC(=O)NCC(=O)O. The van der Waals surface area contributed by atoms with Crippen LogP contribution in [0, 0.1) is 0 Å². The van der Waals surface area contributed by atoms with E-state index in [1.807, 2.05) is 24.3 Å². The van der Waals surface area contributed by atoms with Crippen molar-refractivity contribution in [3.63, 3.8) is 0 Å². The first-order valence-corrected chi connectivity index (χ1v) is 5.49. The normalized spacial score (nSPS) is 9.61. The van der Waals surface area contributed by atoms with Gasteiger partial charge in [0.2, 0.25) is 0 Å². The van der Waals surface area contributed by atoms with Crippen LogP contribution in [-0.2, 0) is 11.2 Å². The van der Waals surface area contributed by atoms with Crippen molar-refractivity contribution in [3.8, 4) is 5.75 Å². The summed E-state index contributed by atoms with van der Waals surface area (Å²) in [4.78, 5) is 21.4. The number of para-hydroxylation sites is 1. The summed E-state index contributed by atoms with van der Waals surface area (Å²) in [5.41, 5.74) is 0.985. The summed E-state index contributed by atoms with van der Waals surface area (Å²) < 4.78 is 5.18. The summed E-state index contributed by atoms with van der Waals surface area (Å²) in [5.74, 6) is -0.305. The Morgan fingerprint density at radius 2 is 2.00 bits per heavy atom. The molecule has 0 aromatic heterocycles. The van der Waals surface area contributed by atoms with Gasteiger partial charge in [-0.2, -0.15) is 0 Å². The molecule has 0 aliphatic heterocycles. The van der Waals surface area contributed by atoms with E-state index in [9.17, 15) is 9.59 Å². The van der Waals surface area contributed by atoms with E-state index in [4.69, 9.17) is 9.84 Å². The summed E-state index contributed by atoms with van der Waals surface area (Å²) in [7, 11) is 1.59. The molecular formula is C12H16N2O4. The molecule has 0 fully saturated rings. The number of carbonyl (C=O) groups is 2. The lowest BCUT2D eigenvalue weighted by atomic mass is 10.1. The lowest BCUT2D eigenvalue weighted by Gasteiger charge is -2.09. The zero-order chi connectivity index (χ0) is 13.4. The summed E-state index contributed by atoms with van der Waals surface area (Å²) in [5, 5.41) is 13.2. The van der Waals surface area contributed by atoms with Crippen LogP contribution in [0.4, 0.5) is 4.79 Å². The highest BCUT2D eigenvalue weighted by Gasteiger charge is 2.04. The number of carboxylic acid groups (broad SMARTS) is 1. The largest absolute Gasteiger partial charge is 0.496 e. The Kier molecular flexibility index (Phi) is 5.50. The molecule has 0 saturated carbocycles. The van der Waals surface area contributed by atoms with Gasteiger partial charge < -0.3 is 20.5 Å². The predicted octanol–water partition coefficient (Wildman–Crippen LogP) is 0.621. The summed E-state index contributed by atoms with van der Waals surface area (Å²) in [6.45, 7) is 0.0202. The fraction of sp³-hybridized carbons (Fsp3) is 0.333. The highest BCUT2D eigenvalue weighted by molar-refractivity contribution is 5.79. The second-order valence-corrected chi connectivity index (χ2v) is 3.57. The predicted molar refractivity (Wildman–Crippen MR) is 65.7 cm³/mol. The van der Waals surface area contributed by atoms with Gasteiger partial charge in [0.1, 0.15) is 12.3 Å². The van der Waals surface area contributed by atoms with E-state index in [0.717, 1.165) is 11.3 Å². The van der Waals surface area contributed by atoms with E-state index >= 15 is 0 Å². The minimum absolute atomic E-state index is 0.388. The topological polar surface area (TPSA) is 87.7 Å². The van der Waals surface area contributed by atoms with Crippen LogP contribution in [0.5, 0.6) is 5.75 Å². The fourth-order valence-corrected chi connectivity index (χ4v) is 1.44. The van der Waals surface area contributed by atoms with Gasteiger partial charge in [-0.3, -0.25) is 4.79 Å². The zero-order valence-electron chi connectivity index (χ0n) is 10.1. The molecule has 0 heterocycles. The molecule has 6 heteroatoms. The summed E-state index contributed by atoms with van der Waals surface area (Å²) >= 11 is 0. The number of methoxy groups -OCH3 is 1. The van der Waals surface area contributed by atoms with Gasteiger partial charge in [-0.05, 0) is 18.1 Å². The van der Waals surface area contributed by atoms with E-state index in [2.05, 4.69) is 10.6 Å². The first-order valence-electron chi connectivity index (χ1n) is 5.49.